The Hall–Kier alpha value is -1.70. The van der Waals surface area contributed by atoms with Crippen LogP contribution in [0.25, 0.3) is 0 Å². The SMILES string of the molecule is C=CC(=O)OC(CCCCC)OC(=O)C=C.CCC(CO)(CO)CO. The molecule has 0 aliphatic heterocycles. The third-order valence-corrected chi connectivity index (χ3v) is 3.63. The van der Waals surface area contributed by atoms with Crippen molar-refractivity contribution in [2.75, 3.05) is 19.8 Å². The van der Waals surface area contributed by atoms with Gasteiger partial charge in [0.15, 0.2) is 0 Å². The monoisotopic (exact) mass is 360 g/mol. The summed E-state index contributed by atoms with van der Waals surface area (Å²) < 4.78 is 9.74. The second kappa shape index (κ2) is 15.8. The molecule has 0 unspecified atom stereocenters. The molecule has 0 atom stereocenters. The third kappa shape index (κ3) is 12.3. The van der Waals surface area contributed by atoms with Crippen LogP contribution >= 0.6 is 0 Å². The van der Waals surface area contributed by atoms with E-state index >= 15 is 0 Å². The van der Waals surface area contributed by atoms with Gasteiger partial charge in [0.1, 0.15) is 0 Å². The zero-order valence-electron chi connectivity index (χ0n) is 15.3. The lowest BCUT2D eigenvalue weighted by Gasteiger charge is -2.24. The van der Waals surface area contributed by atoms with Crippen molar-refractivity contribution in [3.63, 3.8) is 0 Å². The number of carbonyl (C=O) groups excluding carboxylic acids is 2. The highest BCUT2D eigenvalue weighted by Gasteiger charge is 2.24. The van der Waals surface area contributed by atoms with Gasteiger partial charge in [0.05, 0.1) is 19.8 Å². The number of unbranched alkanes of at least 4 members (excludes halogenated alkanes) is 2. The molecule has 0 aliphatic rings. The smallest absolute Gasteiger partial charge is 0.333 e. The Bertz CT molecular complexity index is 349. The summed E-state index contributed by atoms with van der Waals surface area (Å²) in [5.74, 6) is -1.20. The highest BCUT2D eigenvalue weighted by Crippen LogP contribution is 2.18. The first-order chi connectivity index (χ1) is 11.9. The first-order valence-corrected chi connectivity index (χ1v) is 8.37. The Morgan fingerprint density at radius 1 is 0.960 bits per heavy atom. The lowest BCUT2D eigenvalue weighted by molar-refractivity contribution is -0.182. The van der Waals surface area contributed by atoms with E-state index in [0.717, 1.165) is 31.4 Å². The summed E-state index contributed by atoms with van der Waals surface area (Å²) in [5, 5.41) is 26.0. The molecule has 0 aromatic heterocycles. The molecule has 0 saturated carbocycles. The minimum atomic E-state index is -0.845. The Kier molecular flexibility index (Phi) is 16.1. The lowest BCUT2D eigenvalue weighted by Crippen LogP contribution is -2.32. The first kappa shape index (κ1) is 25.5. The first-order valence-electron chi connectivity index (χ1n) is 8.37. The predicted molar refractivity (Wildman–Crippen MR) is 94.5 cm³/mol. The van der Waals surface area contributed by atoms with E-state index in [1.807, 2.05) is 6.92 Å². The van der Waals surface area contributed by atoms with Crippen LogP contribution in [0.1, 0.15) is 46.0 Å². The minimum Gasteiger partial charge on any atom is -0.422 e. The van der Waals surface area contributed by atoms with Gasteiger partial charge in [0.25, 0.3) is 0 Å². The number of rotatable bonds is 12. The van der Waals surface area contributed by atoms with Gasteiger partial charge in [0, 0.05) is 24.0 Å². The van der Waals surface area contributed by atoms with Gasteiger partial charge in [-0.1, -0.05) is 39.8 Å². The molecule has 7 heteroatoms. The maximum absolute atomic E-state index is 11.0. The molecule has 0 aliphatic carbocycles. The molecule has 0 fully saturated rings. The molecule has 0 heterocycles. The van der Waals surface area contributed by atoms with E-state index in [0.29, 0.717) is 12.8 Å². The molecule has 146 valence electrons. The lowest BCUT2D eigenvalue weighted by atomic mass is 9.88. The van der Waals surface area contributed by atoms with E-state index in [2.05, 4.69) is 20.1 Å². The van der Waals surface area contributed by atoms with E-state index in [4.69, 9.17) is 24.8 Å². The zero-order chi connectivity index (χ0) is 19.7. The van der Waals surface area contributed by atoms with E-state index in [-0.39, 0.29) is 19.8 Å². The number of aliphatic hydroxyl groups excluding tert-OH is 3. The van der Waals surface area contributed by atoms with Crippen molar-refractivity contribution in [2.45, 2.75) is 52.2 Å². The van der Waals surface area contributed by atoms with Crippen LogP contribution in [0.4, 0.5) is 0 Å². The average molecular weight is 360 g/mol. The summed E-state index contributed by atoms with van der Waals surface area (Å²) in [6, 6.07) is 0. The van der Waals surface area contributed by atoms with Crippen molar-refractivity contribution in [3.8, 4) is 0 Å². The molecule has 0 radical (unpaired) electrons. The number of esters is 2. The Morgan fingerprint density at radius 2 is 1.40 bits per heavy atom. The predicted octanol–water partition coefficient (Wildman–Crippen LogP) is 1.71. The van der Waals surface area contributed by atoms with Crippen molar-refractivity contribution in [2.24, 2.45) is 5.41 Å². The van der Waals surface area contributed by atoms with E-state index in [1.165, 1.54) is 0 Å². The second-order valence-electron chi connectivity index (χ2n) is 5.54. The van der Waals surface area contributed by atoms with Crippen molar-refractivity contribution in [3.05, 3.63) is 25.3 Å². The van der Waals surface area contributed by atoms with Gasteiger partial charge in [-0.25, -0.2) is 9.59 Å². The fraction of sp³-hybridized carbons (Fsp3) is 0.667. The second-order valence-corrected chi connectivity index (χ2v) is 5.54. The van der Waals surface area contributed by atoms with Crippen molar-refractivity contribution in [1.29, 1.82) is 0 Å². The molecular formula is C18H32O7. The molecule has 0 spiro atoms. The molecule has 0 saturated heterocycles. The molecule has 0 amide bonds. The Balaban J connectivity index is 0. The average Bonchev–Trinajstić information content (AvgIpc) is 2.64. The van der Waals surface area contributed by atoms with Crippen LogP contribution in [0.2, 0.25) is 0 Å². The van der Waals surface area contributed by atoms with Crippen LogP contribution in [-0.4, -0.2) is 53.4 Å². The molecule has 0 rings (SSSR count). The third-order valence-electron chi connectivity index (χ3n) is 3.63. The fourth-order valence-corrected chi connectivity index (χ4v) is 1.54. The summed E-state index contributed by atoms with van der Waals surface area (Å²) in [7, 11) is 0. The van der Waals surface area contributed by atoms with Gasteiger partial charge in [0.2, 0.25) is 6.29 Å². The Labute approximate surface area is 150 Å². The number of carbonyl (C=O) groups is 2. The number of hydrogen-bond donors (Lipinski definition) is 3. The quantitative estimate of drug-likeness (QED) is 0.210. The van der Waals surface area contributed by atoms with Crippen molar-refractivity contribution >= 4 is 11.9 Å². The molecule has 0 bridgehead atoms. The summed E-state index contributed by atoms with van der Waals surface area (Å²) in [4.78, 5) is 21.9. The standard InChI is InChI=1S/C12H18O4.C6H14O3/c1-4-7-8-9-12(15-10(13)5-2)16-11(14)6-3;1-2-6(3-7,4-8)5-9/h5-6,12H,2-4,7-9H2,1H3;7-9H,2-5H2,1H3. The van der Waals surface area contributed by atoms with Crippen LogP contribution < -0.4 is 0 Å². The molecule has 0 aromatic carbocycles. The molecule has 7 nitrogen and oxygen atoms in total. The highest BCUT2D eigenvalue weighted by atomic mass is 16.7. The van der Waals surface area contributed by atoms with Gasteiger partial charge < -0.3 is 24.8 Å². The molecular weight excluding hydrogens is 328 g/mol. The maximum Gasteiger partial charge on any atom is 0.333 e. The zero-order valence-corrected chi connectivity index (χ0v) is 15.3. The number of ether oxygens (including phenoxy) is 2. The van der Waals surface area contributed by atoms with E-state index in [9.17, 15) is 9.59 Å². The highest BCUT2D eigenvalue weighted by molar-refractivity contribution is 5.82. The van der Waals surface area contributed by atoms with Crippen molar-refractivity contribution < 1.29 is 34.4 Å². The minimum absolute atomic E-state index is 0.156. The van der Waals surface area contributed by atoms with Gasteiger partial charge >= 0.3 is 11.9 Å². The summed E-state index contributed by atoms with van der Waals surface area (Å²) >= 11 is 0. The van der Waals surface area contributed by atoms with E-state index in [1.54, 1.807) is 0 Å². The fourth-order valence-electron chi connectivity index (χ4n) is 1.54. The van der Waals surface area contributed by atoms with Gasteiger partial charge in [-0.15, -0.1) is 0 Å². The van der Waals surface area contributed by atoms with Crippen LogP contribution in [0.5, 0.6) is 0 Å². The summed E-state index contributed by atoms with van der Waals surface area (Å²) in [6.07, 6.45) is 5.18. The topological polar surface area (TPSA) is 113 Å². The maximum atomic E-state index is 11.0. The molecule has 3 N–H and O–H groups in total. The summed E-state index contributed by atoms with van der Waals surface area (Å²) in [6.45, 7) is 9.96. The van der Waals surface area contributed by atoms with Crippen LogP contribution in [0.15, 0.2) is 25.3 Å². The van der Waals surface area contributed by atoms with Gasteiger partial charge in [-0.05, 0) is 12.8 Å². The number of hydrogen-bond acceptors (Lipinski definition) is 7. The normalized spacial score (nSPS) is 10.5. The van der Waals surface area contributed by atoms with Crippen molar-refractivity contribution in [1.82, 2.24) is 0 Å². The van der Waals surface area contributed by atoms with Gasteiger partial charge in [-0.3, -0.25) is 0 Å². The van der Waals surface area contributed by atoms with Gasteiger partial charge in [-0.2, -0.15) is 0 Å². The number of aliphatic hydroxyl groups is 3. The van der Waals surface area contributed by atoms with Crippen LogP contribution in [-0.2, 0) is 19.1 Å². The van der Waals surface area contributed by atoms with Crippen LogP contribution in [0.3, 0.4) is 0 Å². The molecule has 25 heavy (non-hydrogen) atoms. The largest absolute Gasteiger partial charge is 0.422 e. The van der Waals surface area contributed by atoms with E-state index < -0.39 is 23.6 Å². The van der Waals surface area contributed by atoms with Crippen LogP contribution in [0, 0.1) is 5.41 Å². The summed E-state index contributed by atoms with van der Waals surface area (Å²) in [5.41, 5.74) is -0.667. The Morgan fingerprint density at radius 3 is 1.64 bits per heavy atom. The molecule has 0 aromatic rings.